The smallest absolute Gasteiger partial charge is 0.0513 e. The Kier molecular flexibility index (Phi) is 4.65. The molecule has 0 aliphatic carbocycles. The van der Waals surface area contributed by atoms with Crippen molar-refractivity contribution >= 4 is 0 Å². The van der Waals surface area contributed by atoms with Gasteiger partial charge < -0.3 is 10.5 Å². The Hall–Kier alpha value is -0.0800. The maximum atomic E-state index is 5.39. The number of hydrogen-bond donors (Lipinski definition) is 1. The normalized spacial score (nSPS) is 12.0. The molecule has 0 amide bonds. The van der Waals surface area contributed by atoms with Gasteiger partial charge in [0, 0.05) is 7.11 Å². The van der Waals surface area contributed by atoms with Crippen LogP contribution in [0.25, 0.3) is 0 Å². The lowest BCUT2D eigenvalue weighted by Gasteiger charge is -2.22. The molecule has 0 rings (SSSR count). The van der Waals surface area contributed by atoms with Crippen LogP contribution in [0.2, 0.25) is 0 Å². The molecule has 0 aromatic carbocycles. The minimum atomic E-state index is 0.300. The predicted octanol–water partition coefficient (Wildman–Crippen LogP) is 1.40. The lowest BCUT2D eigenvalue weighted by molar-refractivity contribution is 0.0972. The molecule has 62 valence electrons. The van der Waals surface area contributed by atoms with E-state index in [-0.39, 0.29) is 0 Å². The van der Waals surface area contributed by atoms with Crippen molar-refractivity contribution in [1.29, 1.82) is 0 Å². The fourth-order valence-electron chi connectivity index (χ4n) is 1.04. The molecule has 0 radical (unpaired) electrons. The van der Waals surface area contributed by atoms with Crippen LogP contribution in [0.15, 0.2) is 0 Å². The summed E-state index contributed by atoms with van der Waals surface area (Å²) in [5, 5.41) is 0. The minimum Gasteiger partial charge on any atom is -0.384 e. The maximum Gasteiger partial charge on any atom is 0.0513 e. The highest BCUT2D eigenvalue weighted by molar-refractivity contribution is 4.67. The minimum absolute atomic E-state index is 0.300. The monoisotopic (exact) mass is 145 g/mol. The Morgan fingerprint density at radius 1 is 1.40 bits per heavy atom. The van der Waals surface area contributed by atoms with Crippen LogP contribution in [0.3, 0.4) is 0 Å². The molecule has 2 heteroatoms. The first-order valence-electron chi connectivity index (χ1n) is 3.81. The number of hydrogen-bond acceptors (Lipinski definition) is 2. The number of rotatable bonds is 5. The van der Waals surface area contributed by atoms with Gasteiger partial charge in [0.1, 0.15) is 0 Å². The standard InChI is InChI=1S/C8H19NO/c1-8(2,7-10-3)5-4-6-9/h4-7,9H2,1-3H3. The Morgan fingerprint density at radius 3 is 2.40 bits per heavy atom. The third-order valence-corrected chi connectivity index (χ3v) is 1.59. The summed E-state index contributed by atoms with van der Waals surface area (Å²) in [6.07, 6.45) is 2.24. The summed E-state index contributed by atoms with van der Waals surface area (Å²) in [5.41, 5.74) is 5.69. The highest BCUT2D eigenvalue weighted by Crippen LogP contribution is 2.21. The largest absolute Gasteiger partial charge is 0.384 e. The Balaban J connectivity index is 3.42. The summed E-state index contributed by atoms with van der Waals surface area (Å²) in [5.74, 6) is 0. The average molecular weight is 145 g/mol. The summed E-state index contributed by atoms with van der Waals surface area (Å²) in [7, 11) is 1.74. The molecule has 10 heavy (non-hydrogen) atoms. The van der Waals surface area contributed by atoms with E-state index in [1.165, 1.54) is 0 Å². The van der Waals surface area contributed by atoms with Crippen molar-refractivity contribution in [2.75, 3.05) is 20.3 Å². The quantitative estimate of drug-likeness (QED) is 0.634. The van der Waals surface area contributed by atoms with Gasteiger partial charge in [-0.3, -0.25) is 0 Å². The van der Waals surface area contributed by atoms with Crippen molar-refractivity contribution in [3.63, 3.8) is 0 Å². The molecular formula is C8H19NO. The molecule has 0 saturated carbocycles. The van der Waals surface area contributed by atoms with Crippen molar-refractivity contribution in [2.24, 2.45) is 11.1 Å². The van der Waals surface area contributed by atoms with Gasteiger partial charge in [0.05, 0.1) is 6.61 Å². The fourth-order valence-corrected chi connectivity index (χ4v) is 1.04. The van der Waals surface area contributed by atoms with Gasteiger partial charge in [-0.1, -0.05) is 13.8 Å². The molecular weight excluding hydrogens is 126 g/mol. The highest BCUT2D eigenvalue weighted by Gasteiger charge is 2.15. The maximum absolute atomic E-state index is 5.39. The van der Waals surface area contributed by atoms with Gasteiger partial charge in [0.25, 0.3) is 0 Å². The molecule has 0 aliphatic heterocycles. The van der Waals surface area contributed by atoms with Crippen LogP contribution in [0, 0.1) is 5.41 Å². The van der Waals surface area contributed by atoms with Gasteiger partial charge in [-0.25, -0.2) is 0 Å². The number of nitrogens with two attached hydrogens (primary N) is 1. The first kappa shape index (κ1) is 9.92. The summed E-state index contributed by atoms with van der Waals surface area (Å²) >= 11 is 0. The van der Waals surface area contributed by atoms with Crippen molar-refractivity contribution in [1.82, 2.24) is 0 Å². The Morgan fingerprint density at radius 2 is 2.00 bits per heavy atom. The van der Waals surface area contributed by atoms with E-state index in [1.807, 2.05) is 0 Å². The van der Waals surface area contributed by atoms with Gasteiger partial charge in [-0.05, 0) is 24.8 Å². The van der Waals surface area contributed by atoms with Gasteiger partial charge in [0.15, 0.2) is 0 Å². The average Bonchev–Trinajstić information content (AvgIpc) is 1.84. The fraction of sp³-hybridized carbons (Fsp3) is 1.00. The summed E-state index contributed by atoms with van der Waals surface area (Å²) < 4.78 is 5.06. The second-order valence-electron chi connectivity index (χ2n) is 3.49. The van der Waals surface area contributed by atoms with Crippen LogP contribution in [0.4, 0.5) is 0 Å². The van der Waals surface area contributed by atoms with E-state index in [4.69, 9.17) is 10.5 Å². The molecule has 0 saturated heterocycles. The second-order valence-corrected chi connectivity index (χ2v) is 3.49. The summed E-state index contributed by atoms with van der Waals surface area (Å²) in [6, 6.07) is 0. The molecule has 0 spiro atoms. The molecule has 0 aromatic heterocycles. The van der Waals surface area contributed by atoms with Crippen LogP contribution in [-0.2, 0) is 4.74 Å². The van der Waals surface area contributed by atoms with E-state index < -0.39 is 0 Å². The van der Waals surface area contributed by atoms with E-state index >= 15 is 0 Å². The molecule has 0 atom stereocenters. The molecule has 0 fully saturated rings. The topological polar surface area (TPSA) is 35.2 Å². The van der Waals surface area contributed by atoms with Gasteiger partial charge in [-0.15, -0.1) is 0 Å². The third kappa shape index (κ3) is 4.77. The molecule has 0 aromatic rings. The summed E-state index contributed by atoms with van der Waals surface area (Å²) in [4.78, 5) is 0. The molecule has 2 nitrogen and oxygen atoms in total. The van der Waals surface area contributed by atoms with Gasteiger partial charge in [0.2, 0.25) is 0 Å². The van der Waals surface area contributed by atoms with Crippen molar-refractivity contribution in [3.05, 3.63) is 0 Å². The number of methoxy groups -OCH3 is 1. The van der Waals surface area contributed by atoms with Gasteiger partial charge >= 0.3 is 0 Å². The molecule has 0 bridgehead atoms. The molecule has 0 aliphatic rings. The molecule has 0 unspecified atom stereocenters. The first-order valence-corrected chi connectivity index (χ1v) is 3.81. The second kappa shape index (κ2) is 4.69. The van der Waals surface area contributed by atoms with E-state index in [1.54, 1.807) is 7.11 Å². The van der Waals surface area contributed by atoms with E-state index in [0.29, 0.717) is 5.41 Å². The zero-order chi connectivity index (χ0) is 8.04. The van der Waals surface area contributed by atoms with Crippen LogP contribution in [-0.4, -0.2) is 20.3 Å². The predicted molar refractivity (Wildman–Crippen MR) is 43.9 cm³/mol. The van der Waals surface area contributed by atoms with Crippen molar-refractivity contribution in [3.8, 4) is 0 Å². The van der Waals surface area contributed by atoms with Crippen molar-refractivity contribution < 1.29 is 4.74 Å². The number of ether oxygens (including phenoxy) is 1. The van der Waals surface area contributed by atoms with Crippen LogP contribution in [0.5, 0.6) is 0 Å². The Labute approximate surface area is 63.7 Å². The van der Waals surface area contributed by atoms with Crippen LogP contribution < -0.4 is 5.73 Å². The zero-order valence-electron chi connectivity index (χ0n) is 7.31. The van der Waals surface area contributed by atoms with E-state index in [2.05, 4.69) is 13.8 Å². The molecule has 2 N–H and O–H groups in total. The SMILES string of the molecule is COCC(C)(C)CCCN. The third-order valence-electron chi connectivity index (χ3n) is 1.59. The van der Waals surface area contributed by atoms with E-state index in [0.717, 1.165) is 26.0 Å². The van der Waals surface area contributed by atoms with E-state index in [9.17, 15) is 0 Å². The lowest BCUT2D eigenvalue weighted by atomic mass is 9.89. The molecule has 0 heterocycles. The highest BCUT2D eigenvalue weighted by atomic mass is 16.5. The Bertz CT molecular complexity index is 81.3. The first-order chi connectivity index (χ1) is 4.62. The summed E-state index contributed by atoms with van der Waals surface area (Å²) in [6.45, 7) is 6.01. The van der Waals surface area contributed by atoms with Gasteiger partial charge in [-0.2, -0.15) is 0 Å². The van der Waals surface area contributed by atoms with Crippen LogP contribution in [0.1, 0.15) is 26.7 Å². The van der Waals surface area contributed by atoms with Crippen LogP contribution >= 0.6 is 0 Å². The van der Waals surface area contributed by atoms with Crippen molar-refractivity contribution in [2.45, 2.75) is 26.7 Å². The lowest BCUT2D eigenvalue weighted by Crippen LogP contribution is -2.19. The zero-order valence-corrected chi connectivity index (χ0v) is 7.31.